The molecule has 1 aromatic carbocycles. The summed E-state index contributed by atoms with van der Waals surface area (Å²) in [5.41, 5.74) is 0. The predicted molar refractivity (Wildman–Crippen MR) is 76.7 cm³/mol. The van der Waals surface area contributed by atoms with Gasteiger partial charge in [0.25, 0.3) is 0 Å². The molecule has 0 saturated carbocycles. The van der Waals surface area contributed by atoms with Crippen LogP contribution in [0.3, 0.4) is 0 Å². The van der Waals surface area contributed by atoms with Crippen LogP contribution < -0.4 is 10.1 Å². The van der Waals surface area contributed by atoms with Gasteiger partial charge in [-0.1, -0.05) is 36.5 Å². The summed E-state index contributed by atoms with van der Waals surface area (Å²) in [7, 11) is 0. The third-order valence-electron chi connectivity index (χ3n) is 3.43. The van der Waals surface area contributed by atoms with Gasteiger partial charge in [0.1, 0.15) is 6.10 Å². The summed E-state index contributed by atoms with van der Waals surface area (Å²) in [5, 5.41) is 3.82. The van der Waals surface area contributed by atoms with Crippen molar-refractivity contribution in [2.24, 2.45) is 5.92 Å². The van der Waals surface area contributed by atoms with E-state index in [9.17, 15) is 4.39 Å². The molecule has 2 rings (SSSR count). The molecule has 1 aromatic rings. The van der Waals surface area contributed by atoms with Crippen LogP contribution in [0.1, 0.15) is 26.2 Å². The molecule has 1 aliphatic heterocycles. The number of hydrogen-bond acceptors (Lipinski definition) is 2. The van der Waals surface area contributed by atoms with E-state index in [0.29, 0.717) is 5.92 Å². The fourth-order valence-corrected chi connectivity index (χ4v) is 2.98. The molecule has 106 valence electrons. The van der Waals surface area contributed by atoms with E-state index in [2.05, 4.69) is 12.2 Å². The van der Waals surface area contributed by atoms with E-state index in [1.165, 1.54) is 12.1 Å². The summed E-state index contributed by atoms with van der Waals surface area (Å²) >= 11 is 11.8. The minimum absolute atomic E-state index is 0.00632. The summed E-state index contributed by atoms with van der Waals surface area (Å²) in [6.07, 6.45) is 2.93. The van der Waals surface area contributed by atoms with Crippen LogP contribution in [0.15, 0.2) is 12.1 Å². The van der Waals surface area contributed by atoms with Gasteiger partial charge in [0, 0.05) is 17.5 Å². The van der Waals surface area contributed by atoms with Gasteiger partial charge < -0.3 is 10.1 Å². The van der Waals surface area contributed by atoms with Gasteiger partial charge in [-0.2, -0.15) is 0 Å². The van der Waals surface area contributed by atoms with Gasteiger partial charge in [-0.3, -0.25) is 0 Å². The van der Waals surface area contributed by atoms with E-state index in [0.717, 1.165) is 32.4 Å². The first-order chi connectivity index (χ1) is 9.11. The molecule has 1 heterocycles. The quantitative estimate of drug-likeness (QED) is 0.876. The highest BCUT2D eigenvalue weighted by molar-refractivity contribution is 6.35. The Morgan fingerprint density at radius 1 is 1.47 bits per heavy atom. The Balaban J connectivity index is 2.16. The van der Waals surface area contributed by atoms with Crippen LogP contribution in [0, 0.1) is 11.7 Å². The Morgan fingerprint density at radius 3 is 2.84 bits per heavy atom. The number of halogens is 3. The van der Waals surface area contributed by atoms with Crippen LogP contribution >= 0.6 is 23.2 Å². The van der Waals surface area contributed by atoms with Gasteiger partial charge in [-0.25, -0.2) is 4.39 Å². The largest absolute Gasteiger partial charge is 0.485 e. The lowest BCUT2D eigenvalue weighted by Crippen LogP contribution is -2.29. The Kier molecular flexibility index (Phi) is 5.31. The molecule has 0 amide bonds. The fraction of sp³-hybridized carbons (Fsp3) is 0.571. The van der Waals surface area contributed by atoms with Crippen molar-refractivity contribution in [1.82, 2.24) is 5.32 Å². The lowest BCUT2D eigenvalue weighted by Gasteiger charge is -2.24. The van der Waals surface area contributed by atoms with Crippen molar-refractivity contribution in [3.05, 3.63) is 28.0 Å². The Morgan fingerprint density at radius 2 is 2.26 bits per heavy atom. The van der Waals surface area contributed by atoms with Crippen molar-refractivity contribution >= 4 is 23.2 Å². The van der Waals surface area contributed by atoms with Gasteiger partial charge in [0.05, 0.1) is 5.02 Å². The molecular weight excluding hydrogens is 288 g/mol. The van der Waals surface area contributed by atoms with Gasteiger partial charge in [-0.05, 0) is 31.5 Å². The van der Waals surface area contributed by atoms with Crippen LogP contribution in [-0.4, -0.2) is 19.2 Å². The van der Waals surface area contributed by atoms with Crippen LogP contribution in [-0.2, 0) is 0 Å². The topological polar surface area (TPSA) is 21.3 Å². The third kappa shape index (κ3) is 3.74. The number of hydrogen-bond donors (Lipinski definition) is 1. The maximum absolute atomic E-state index is 13.9. The molecule has 1 N–H and O–H groups in total. The smallest absolute Gasteiger partial charge is 0.174 e. The van der Waals surface area contributed by atoms with Crippen LogP contribution in [0.25, 0.3) is 0 Å². The second-order valence-electron chi connectivity index (χ2n) is 4.90. The van der Waals surface area contributed by atoms with E-state index < -0.39 is 5.82 Å². The van der Waals surface area contributed by atoms with Crippen LogP contribution in [0.5, 0.6) is 5.75 Å². The number of rotatable bonds is 5. The summed E-state index contributed by atoms with van der Waals surface area (Å²) in [6, 6.07) is 2.75. The van der Waals surface area contributed by atoms with Gasteiger partial charge >= 0.3 is 0 Å². The zero-order valence-electron chi connectivity index (χ0n) is 10.9. The molecule has 0 spiro atoms. The molecule has 2 nitrogen and oxygen atoms in total. The van der Waals surface area contributed by atoms with Crippen molar-refractivity contribution in [3.8, 4) is 5.75 Å². The zero-order chi connectivity index (χ0) is 13.8. The molecule has 1 unspecified atom stereocenters. The van der Waals surface area contributed by atoms with Crippen molar-refractivity contribution < 1.29 is 9.13 Å². The highest BCUT2D eigenvalue weighted by Gasteiger charge is 2.27. The highest BCUT2D eigenvalue weighted by Crippen LogP contribution is 2.34. The standard InChI is InChI=1S/C14H18Cl2FNO/c1-2-3-13(9-4-5-18-8-9)19-14-11(16)6-10(15)7-12(14)17/h6-7,9,13,18H,2-5,8H2,1H3/t9?,13-/m0/s1. The molecule has 19 heavy (non-hydrogen) atoms. The minimum atomic E-state index is -0.496. The lowest BCUT2D eigenvalue weighted by atomic mass is 9.97. The molecule has 0 radical (unpaired) electrons. The first-order valence-electron chi connectivity index (χ1n) is 6.63. The van der Waals surface area contributed by atoms with E-state index in [1.54, 1.807) is 0 Å². The molecule has 0 aliphatic carbocycles. The fourth-order valence-electron chi connectivity index (χ4n) is 2.46. The number of nitrogens with one attached hydrogen (secondary N) is 1. The van der Waals surface area contributed by atoms with Crippen molar-refractivity contribution in [3.63, 3.8) is 0 Å². The van der Waals surface area contributed by atoms with Gasteiger partial charge in [0.2, 0.25) is 0 Å². The molecule has 0 bridgehead atoms. The SMILES string of the molecule is CCC[C@H](Oc1c(F)cc(Cl)cc1Cl)C1CCNC1. The molecule has 2 atom stereocenters. The second kappa shape index (κ2) is 6.78. The summed E-state index contributed by atoms with van der Waals surface area (Å²) in [5.74, 6) is 0.0343. The second-order valence-corrected chi connectivity index (χ2v) is 5.74. The van der Waals surface area contributed by atoms with Crippen molar-refractivity contribution in [2.75, 3.05) is 13.1 Å². The number of ether oxygens (including phenoxy) is 1. The molecule has 1 aliphatic rings. The van der Waals surface area contributed by atoms with Crippen LogP contribution in [0.4, 0.5) is 4.39 Å². The van der Waals surface area contributed by atoms with E-state index in [4.69, 9.17) is 27.9 Å². The molecule has 0 aromatic heterocycles. The average Bonchev–Trinajstić information content (AvgIpc) is 2.85. The lowest BCUT2D eigenvalue weighted by molar-refractivity contribution is 0.127. The zero-order valence-corrected chi connectivity index (χ0v) is 12.4. The molecule has 1 saturated heterocycles. The average molecular weight is 306 g/mol. The van der Waals surface area contributed by atoms with Crippen LogP contribution in [0.2, 0.25) is 10.0 Å². The Hall–Kier alpha value is -0.510. The summed E-state index contributed by atoms with van der Waals surface area (Å²) in [6.45, 7) is 4.00. The number of benzene rings is 1. The molecule has 1 fully saturated rings. The summed E-state index contributed by atoms with van der Waals surface area (Å²) in [4.78, 5) is 0. The van der Waals surface area contributed by atoms with E-state index >= 15 is 0 Å². The monoisotopic (exact) mass is 305 g/mol. The van der Waals surface area contributed by atoms with Crippen molar-refractivity contribution in [1.29, 1.82) is 0 Å². The minimum Gasteiger partial charge on any atom is -0.485 e. The van der Waals surface area contributed by atoms with E-state index in [1.807, 2.05) is 0 Å². The van der Waals surface area contributed by atoms with Gasteiger partial charge in [-0.15, -0.1) is 0 Å². The maximum Gasteiger partial charge on any atom is 0.174 e. The van der Waals surface area contributed by atoms with Gasteiger partial charge in [0.15, 0.2) is 11.6 Å². The Labute approximate surface area is 123 Å². The van der Waals surface area contributed by atoms with E-state index in [-0.39, 0.29) is 21.9 Å². The molecule has 5 heteroatoms. The predicted octanol–water partition coefficient (Wildman–Crippen LogP) is 4.29. The summed E-state index contributed by atoms with van der Waals surface area (Å²) < 4.78 is 19.7. The first kappa shape index (κ1) is 14.9. The molecular formula is C14H18Cl2FNO. The first-order valence-corrected chi connectivity index (χ1v) is 7.39. The highest BCUT2D eigenvalue weighted by atomic mass is 35.5. The normalized spacial score (nSPS) is 20.5. The maximum atomic E-state index is 13.9. The Bertz CT molecular complexity index is 412. The third-order valence-corrected chi connectivity index (χ3v) is 3.93. The van der Waals surface area contributed by atoms with Crippen molar-refractivity contribution in [2.45, 2.75) is 32.3 Å².